The summed E-state index contributed by atoms with van der Waals surface area (Å²) in [6.45, 7) is 2.53. The van der Waals surface area contributed by atoms with Gasteiger partial charge in [0.05, 0.1) is 12.7 Å². The molecule has 17 heavy (non-hydrogen) atoms. The number of carbonyl (C=O) groups excluding carboxylic acids is 1. The van der Waals surface area contributed by atoms with E-state index in [9.17, 15) is 9.90 Å². The predicted molar refractivity (Wildman–Crippen MR) is 65.8 cm³/mol. The second-order valence-electron chi connectivity index (χ2n) is 4.16. The number of amides is 1. The highest BCUT2D eigenvalue weighted by Crippen LogP contribution is 2.08. The quantitative estimate of drug-likeness (QED) is 0.839. The second kappa shape index (κ2) is 6.37. The summed E-state index contributed by atoms with van der Waals surface area (Å²) in [5.74, 6) is -0.0881. The van der Waals surface area contributed by atoms with Crippen LogP contribution in [0.1, 0.15) is 22.8 Å². The molecule has 1 aromatic rings. The third-order valence-electron chi connectivity index (χ3n) is 2.40. The van der Waals surface area contributed by atoms with Gasteiger partial charge in [0.15, 0.2) is 0 Å². The molecule has 94 valence electrons. The highest BCUT2D eigenvalue weighted by atomic mass is 16.5. The monoisotopic (exact) mass is 237 g/mol. The number of methoxy groups -OCH3 is 1. The van der Waals surface area contributed by atoms with E-state index in [-0.39, 0.29) is 5.91 Å². The van der Waals surface area contributed by atoms with E-state index in [0.717, 1.165) is 5.56 Å². The summed E-state index contributed by atoms with van der Waals surface area (Å²) in [4.78, 5) is 13.4. The lowest BCUT2D eigenvalue weighted by Crippen LogP contribution is -2.33. The molecule has 1 aromatic carbocycles. The number of hydrogen-bond acceptors (Lipinski definition) is 3. The number of ether oxygens (including phenoxy) is 1. The molecule has 0 heterocycles. The molecule has 1 N–H and O–H groups in total. The Bertz CT molecular complexity index is 359. The van der Waals surface area contributed by atoms with Crippen LogP contribution in [-0.4, -0.2) is 42.7 Å². The van der Waals surface area contributed by atoms with Crippen LogP contribution >= 0.6 is 0 Å². The fraction of sp³-hybridized carbons (Fsp3) is 0.462. The lowest BCUT2D eigenvalue weighted by Gasteiger charge is -2.18. The Balaban J connectivity index is 2.69. The average molecular weight is 237 g/mol. The van der Waals surface area contributed by atoms with Crippen LogP contribution in [-0.2, 0) is 11.3 Å². The molecule has 0 aromatic heterocycles. The minimum absolute atomic E-state index is 0.0881. The van der Waals surface area contributed by atoms with E-state index in [2.05, 4.69) is 0 Å². The van der Waals surface area contributed by atoms with Crippen LogP contribution in [0.25, 0.3) is 0 Å². The van der Waals surface area contributed by atoms with Crippen molar-refractivity contribution < 1.29 is 14.6 Å². The molecule has 0 saturated heterocycles. The molecule has 0 spiro atoms. The molecule has 0 saturated carbocycles. The van der Waals surface area contributed by atoms with Crippen molar-refractivity contribution >= 4 is 5.91 Å². The van der Waals surface area contributed by atoms with Crippen LogP contribution in [0.15, 0.2) is 24.3 Å². The Morgan fingerprint density at radius 2 is 2.00 bits per heavy atom. The maximum Gasteiger partial charge on any atom is 0.253 e. The van der Waals surface area contributed by atoms with Crippen molar-refractivity contribution in [3.63, 3.8) is 0 Å². The largest absolute Gasteiger partial charge is 0.392 e. The van der Waals surface area contributed by atoms with Gasteiger partial charge >= 0.3 is 0 Å². The van der Waals surface area contributed by atoms with E-state index >= 15 is 0 Å². The van der Waals surface area contributed by atoms with Crippen LogP contribution in [0.5, 0.6) is 0 Å². The van der Waals surface area contributed by atoms with Crippen LogP contribution in [0.2, 0.25) is 0 Å². The van der Waals surface area contributed by atoms with Crippen LogP contribution in [0.3, 0.4) is 0 Å². The van der Waals surface area contributed by atoms with Crippen molar-refractivity contribution in [3.8, 4) is 0 Å². The van der Waals surface area contributed by atoms with E-state index in [1.165, 1.54) is 4.90 Å². The summed E-state index contributed by atoms with van der Waals surface area (Å²) in [6.07, 6.45) is -0.517. The fourth-order valence-corrected chi connectivity index (χ4v) is 1.61. The molecule has 1 rings (SSSR count). The van der Waals surface area contributed by atoms with Gasteiger partial charge in [-0.15, -0.1) is 0 Å². The Hall–Kier alpha value is -1.39. The molecule has 0 aliphatic heterocycles. The minimum atomic E-state index is -0.517. The van der Waals surface area contributed by atoms with Crippen molar-refractivity contribution in [2.75, 3.05) is 20.7 Å². The van der Waals surface area contributed by atoms with Gasteiger partial charge < -0.3 is 14.7 Å². The lowest BCUT2D eigenvalue weighted by molar-refractivity contribution is 0.0703. The molecule has 1 atom stereocenters. The molecule has 1 amide bonds. The highest BCUT2D eigenvalue weighted by molar-refractivity contribution is 5.94. The number of aliphatic hydroxyl groups excluding tert-OH is 1. The standard InChI is InChI=1S/C13H19NO3/c1-10(15)8-14(2)13(16)12-6-4-11(5-7-12)9-17-3/h4-7,10,15H,8-9H2,1-3H3. The fourth-order valence-electron chi connectivity index (χ4n) is 1.61. The number of nitrogens with zero attached hydrogens (tertiary/aromatic N) is 1. The zero-order valence-corrected chi connectivity index (χ0v) is 10.5. The SMILES string of the molecule is COCc1ccc(C(=O)N(C)CC(C)O)cc1. The number of aliphatic hydroxyl groups is 1. The number of likely N-dealkylation sites (N-methyl/N-ethyl adjacent to an activating group) is 1. The summed E-state index contributed by atoms with van der Waals surface area (Å²) in [6, 6.07) is 7.28. The van der Waals surface area contributed by atoms with E-state index in [0.29, 0.717) is 18.7 Å². The molecule has 4 heteroatoms. The summed E-state index contributed by atoms with van der Waals surface area (Å²) < 4.78 is 5.00. The second-order valence-corrected chi connectivity index (χ2v) is 4.16. The third kappa shape index (κ3) is 4.17. The summed E-state index contributed by atoms with van der Waals surface area (Å²) >= 11 is 0. The summed E-state index contributed by atoms with van der Waals surface area (Å²) in [5, 5.41) is 9.22. The molecule has 1 unspecified atom stereocenters. The van der Waals surface area contributed by atoms with Gasteiger partial charge in [-0.1, -0.05) is 12.1 Å². The zero-order valence-electron chi connectivity index (χ0n) is 10.5. The lowest BCUT2D eigenvalue weighted by atomic mass is 10.1. The van der Waals surface area contributed by atoms with Gasteiger partial charge in [0.1, 0.15) is 0 Å². The number of carbonyl (C=O) groups is 1. The van der Waals surface area contributed by atoms with Crippen LogP contribution in [0, 0.1) is 0 Å². The maximum atomic E-state index is 11.9. The zero-order chi connectivity index (χ0) is 12.8. The predicted octanol–water partition coefficient (Wildman–Crippen LogP) is 1.29. The van der Waals surface area contributed by atoms with Crippen molar-refractivity contribution in [2.45, 2.75) is 19.6 Å². The normalized spacial score (nSPS) is 12.2. The first-order valence-corrected chi connectivity index (χ1v) is 5.56. The highest BCUT2D eigenvalue weighted by Gasteiger charge is 2.12. The molecule has 0 radical (unpaired) electrons. The van der Waals surface area contributed by atoms with Gasteiger partial charge in [0, 0.05) is 26.3 Å². The smallest absolute Gasteiger partial charge is 0.253 e. The van der Waals surface area contributed by atoms with Crippen molar-refractivity contribution in [3.05, 3.63) is 35.4 Å². The summed E-state index contributed by atoms with van der Waals surface area (Å²) in [7, 11) is 3.31. The average Bonchev–Trinajstić information content (AvgIpc) is 2.28. The Morgan fingerprint density at radius 3 is 2.47 bits per heavy atom. The molecule has 0 aliphatic carbocycles. The van der Waals surface area contributed by atoms with Gasteiger partial charge in [-0.3, -0.25) is 4.79 Å². The van der Waals surface area contributed by atoms with Crippen LogP contribution in [0.4, 0.5) is 0 Å². The molecular weight excluding hydrogens is 218 g/mol. The third-order valence-corrected chi connectivity index (χ3v) is 2.40. The van der Waals surface area contributed by atoms with Gasteiger partial charge in [-0.2, -0.15) is 0 Å². The number of hydrogen-bond donors (Lipinski definition) is 1. The Kier molecular flexibility index (Phi) is 5.12. The Morgan fingerprint density at radius 1 is 1.41 bits per heavy atom. The molecule has 0 fully saturated rings. The van der Waals surface area contributed by atoms with Crippen molar-refractivity contribution in [1.82, 2.24) is 4.90 Å². The Labute approximate surface area is 102 Å². The van der Waals surface area contributed by atoms with E-state index in [4.69, 9.17) is 4.74 Å². The van der Waals surface area contributed by atoms with E-state index in [1.807, 2.05) is 12.1 Å². The van der Waals surface area contributed by atoms with Crippen molar-refractivity contribution in [1.29, 1.82) is 0 Å². The first kappa shape index (κ1) is 13.7. The summed E-state index contributed by atoms with van der Waals surface area (Å²) in [5.41, 5.74) is 1.65. The first-order chi connectivity index (χ1) is 8.04. The van der Waals surface area contributed by atoms with Gasteiger partial charge in [-0.05, 0) is 24.6 Å². The minimum Gasteiger partial charge on any atom is -0.392 e. The number of rotatable bonds is 5. The number of benzene rings is 1. The van der Waals surface area contributed by atoms with Gasteiger partial charge in [0.2, 0.25) is 0 Å². The maximum absolute atomic E-state index is 11.9. The molecule has 0 bridgehead atoms. The van der Waals surface area contributed by atoms with Gasteiger partial charge in [-0.25, -0.2) is 0 Å². The molecule has 0 aliphatic rings. The topological polar surface area (TPSA) is 49.8 Å². The molecular formula is C13H19NO3. The first-order valence-electron chi connectivity index (χ1n) is 5.56. The van der Waals surface area contributed by atoms with E-state index < -0.39 is 6.10 Å². The van der Waals surface area contributed by atoms with Gasteiger partial charge in [0.25, 0.3) is 5.91 Å². The van der Waals surface area contributed by atoms with Crippen LogP contribution < -0.4 is 0 Å². The van der Waals surface area contributed by atoms with Crippen molar-refractivity contribution in [2.24, 2.45) is 0 Å². The van der Waals surface area contributed by atoms with E-state index in [1.54, 1.807) is 33.2 Å². The molecule has 4 nitrogen and oxygen atoms in total.